The fraction of sp³-hybridized carbons (Fsp3) is 0.407. The molecule has 1 heterocycles. The van der Waals surface area contributed by atoms with Crippen molar-refractivity contribution in [2.45, 2.75) is 52.0 Å². The fourth-order valence-electron chi connectivity index (χ4n) is 3.94. The normalized spacial score (nSPS) is 10.8. The predicted molar refractivity (Wildman–Crippen MR) is 133 cm³/mol. The van der Waals surface area contributed by atoms with Crippen LogP contribution in [0.4, 0.5) is 0 Å². The van der Waals surface area contributed by atoms with E-state index >= 15 is 0 Å². The van der Waals surface area contributed by atoms with Crippen molar-refractivity contribution >= 4 is 16.9 Å². The summed E-state index contributed by atoms with van der Waals surface area (Å²) in [4.78, 5) is 15.9. The number of fused-ring (bicyclic) bond motifs is 1. The number of para-hydroxylation sites is 2. The molecule has 3 aromatic rings. The molecule has 0 atom stereocenters. The molecule has 0 bridgehead atoms. The van der Waals surface area contributed by atoms with Crippen LogP contribution in [0.15, 0.2) is 55.1 Å². The number of nitrogens with zero attached hydrogens (tertiary/aromatic N) is 2. The molecule has 0 saturated carbocycles. The highest BCUT2D eigenvalue weighted by molar-refractivity contribution is 5.75. The van der Waals surface area contributed by atoms with Crippen LogP contribution in [0.5, 0.6) is 11.5 Å². The number of benzene rings is 2. The number of amides is 1. The number of hydrogen-bond acceptors (Lipinski definition) is 4. The predicted octanol–water partition coefficient (Wildman–Crippen LogP) is 5.09. The highest BCUT2D eigenvalue weighted by Crippen LogP contribution is 2.28. The van der Waals surface area contributed by atoms with E-state index in [1.807, 2.05) is 30.3 Å². The Labute approximate surface area is 196 Å². The summed E-state index contributed by atoms with van der Waals surface area (Å²) in [5.74, 6) is 2.66. The number of nitrogens with one attached hydrogen (secondary N) is 1. The molecule has 1 aromatic heterocycles. The lowest BCUT2D eigenvalue weighted by molar-refractivity contribution is -0.118. The average molecular weight is 450 g/mol. The van der Waals surface area contributed by atoms with E-state index in [4.69, 9.17) is 14.5 Å². The van der Waals surface area contributed by atoms with Crippen LogP contribution in [0.1, 0.15) is 44.0 Å². The van der Waals surface area contributed by atoms with Gasteiger partial charge in [0.25, 0.3) is 0 Å². The maximum atomic E-state index is 11.0. The van der Waals surface area contributed by atoms with Gasteiger partial charge in [-0.05, 0) is 55.5 Å². The second-order valence-corrected chi connectivity index (χ2v) is 8.14. The van der Waals surface area contributed by atoms with Crippen molar-refractivity contribution in [2.24, 2.45) is 0 Å². The summed E-state index contributed by atoms with van der Waals surface area (Å²) in [6.07, 6.45) is 7.58. The summed E-state index contributed by atoms with van der Waals surface area (Å²) in [5, 5.41) is 2.86. The zero-order chi connectivity index (χ0) is 23.5. The third-order valence-electron chi connectivity index (χ3n) is 5.58. The molecule has 0 aliphatic rings. The first-order chi connectivity index (χ1) is 16.1. The number of unbranched alkanes of at least 4 members (excludes halogenated alkanes) is 2. The number of aromatic nitrogens is 2. The Morgan fingerprint density at radius 1 is 1.12 bits per heavy atom. The van der Waals surface area contributed by atoms with Gasteiger partial charge >= 0.3 is 0 Å². The topological polar surface area (TPSA) is 65.4 Å². The fourth-order valence-corrected chi connectivity index (χ4v) is 3.94. The summed E-state index contributed by atoms with van der Waals surface area (Å²) in [6.45, 7) is 7.53. The molecule has 0 aliphatic heterocycles. The van der Waals surface area contributed by atoms with Crippen molar-refractivity contribution in [3.05, 3.63) is 66.5 Å². The molecule has 1 amide bonds. The molecule has 2 aromatic carbocycles. The number of methoxy groups -OCH3 is 1. The molecular formula is C27H35N3O3. The number of carbonyl (C=O) groups excluding carboxylic acids is 1. The number of carbonyl (C=O) groups is 1. The van der Waals surface area contributed by atoms with Gasteiger partial charge in [0.05, 0.1) is 24.8 Å². The van der Waals surface area contributed by atoms with Gasteiger partial charge in [0.2, 0.25) is 5.91 Å². The third-order valence-corrected chi connectivity index (χ3v) is 5.58. The monoisotopic (exact) mass is 449 g/mol. The Bertz CT molecular complexity index is 1060. The molecule has 176 valence electrons. The van der Waals surface area contributed by atoms with E-state index in [2.05, 4.69) is 34.7 Å². The van der Waals surface area contributed by atoms with E-state index < -0.39 is 0 Å². The number of imidazole rings is 1. The summed E-state index contributed by atoms with van der Waals surface area (Å²) in [5.41, 5.74) is 3.35. The van der Waals surface area contributed by atoms with Crippen molar-refractivity contribution in [2.75, 3.05) is 20.3 Å². The minimum absolute atomic E-state index is 0.0318. The summed E-state index contributed by atoms with van der Waals surface area (Å²) >= 11 is 0. The quantitative estimate of drug-likeness (QED) is 0.275. The van der Waals surface area contributed by atoms with E-state index in [1.54, 1.807) is 14.0 Å². The van der Waals surface area contributed by atoms with Crippen molar-refractivity contribution in [1.29, 1.82) is 0 Å². The smallest absolute Gasteiger partial charge is 0.216 e. The van der Waals surface area contributed by atoms with Gasteiger partial charge in [-0.2, -0.15) is 0 Å². The molecule has 0 radical (unpaired) electrons. The number of allylic oxidation sites excluding steroid dienone is 1. The van der Waals surface area contributed by atoms with E-state index in [0.717, 1.165) is 85.5 Å². The van der Waals surface area contributed by atoms with Gasteiger partial charge in [-0.3, -0.25) is 4.79 Å². The molecule has 0 unspecified atom stereocenters. The highest BCUT2D eigenvalue weighted by Gasteiger charge is 2.11. The second kappa shape index (κ2) is 12.7. The van der Waals surface area contributed by atoms with Crippen LogP contribution in [0.25, 0.3) is 11.0 Å². The lowest BCUT2D eigenvalue weighted by atomic mass is 10.1. The highest BCUT2D eigenvalue weighted by atomic mass is 16.5. The lowest BCUT2D eigenvalue weighted by Crippen LogP contribution is -2.20. The third kappa shape index (κ3) is 7.11. The molecule has 33 heavy (non-hydrogen) atoms. The number of rotatable bonds is 14. The molecule has 1 N–H and O–H groups in total. The minimum Gasteiger partial charge on any atom is -0.493 e. The Kier molecular flexibility index (Phi) is 9.36. The first-order valence-electron chi connectivity index (χ1n) is 11.7. The first-order valence-corrected chi connectivity index (χ1v) is 11.7. The van der Waals surface area contributed by atoms with Crippen LogP contribution < -0.4 is 14.8 Å². The largest absolute Gasteiger partial charge is 0.493 e. The first kappa shape index (κ1) is 24.4. The number of hydrogen-bond donors (Lipinski definition) is 1. The Hall–Kier alpha value is -3.28. The van der Waals surface area contributed by atoms with Crippen LogP contribution in [0, 0.1) is 0 Å². The van der Waals surface area contributed by atoms with Gasteiger partial charge in [-0.1, -0.05) is 30.7 Å². The number of aryl methyl sites for hydroxylation is 2. The van der Waals surface area contributed by atoms with Gasteiger partial charge in [0.15, 0.2) is 11.5 Å². The molecule has 3 rings (SSSR count). The van der Waals surface area contributed by atoms with Gasteiger partial charge in [-0.15, -0.1) is 6.58 Å². The van der Waals surface area contributed by atoms with Crippen LogP contribution in [-0.2, 0) is 24.2 Å². The van der Waals surface area contributed by atoms with Crippen molar-refractivity contribution in [3.8, 4) is 11.5 Å². The van der Waals surface area contributed by atoms with Crippen molar-refractivity contribution in [3.63, 3.8) is 0 Å². The molecule has 6 heteroatoms. The molecule has 0 fully saturated rings. The van der Waals surface area contributed by atoms with Gasteiger partial charge in [0.1, 0.15) is 5.82 Å². The molecule has 0 saturated heterocycles. The zero-order valence-corrected chi connectivity index (χ0v) is 19.8. The molecule has 6 nitrogen and oxygen atoms in total. The van der Waals surface area contributed by atoms with Crippen LogP contribution in [-0.4, -0.2) is 35.7 Å². The Morgan fingerprint density at radius 2 is 1.97 bits per heavy atom. The van der Waals surface area contributed by atoms with Gasteiger partial charge in [0, 0.05) is 26.4 Å². The number of ether oxygens (including phenoxy) is 2. The Morgan fingerprint density at radius 3 is 2.76 bits per heavy atom. The van der Waals surface area contributed by atoms with Crippen molar-refractivity contribution in [1.82, 2.24) is 14.9 Å². The van der Waals surface area contributed by atoms with E-state index in [-0.39, 0.29) is 5.91 Å². The summed E-state index contributed by atoms with van der Waals surface area (Å²) < 4.78 is 13.9. The van der Waals surface area contributed by atoms with Crippen LogP contribution >= 0.6 is 0 Å². The van der Waals surface area contributed by atoms with Crippen LogP contribution in [0.3, 0.4) is 0 Å². The van der Waals surface area contributed by atoms with E-state index in [1.165, 1.54) is 0 Å². The summed E-state index contributed by atoms with van der Waals surface area (Å²) in [7, 11) is 1.67. The molecular weight excluding hydrogens is 414 g/mol. The Balaban J connectivity index is 1.56. The van der Waals surface area contributed by atoms with Crippen molar-refractivity contribution < 1.29 is 14.3 Å². The molecule has 0 spiro atoms. The SMILES string of the molecule is C=CCc1ccc(OCCCn2c(CCCCCNC(C)=O)nc3ccccc32)c(OC)c1. The standard InChI is InChI=1S/C27H35N3O3/c1-4-11-22-15-16-25(26(20-22)32-3)33-19-10-18-30-24-13-8-7-12-23(24)29-27(30)14-6-5-9-17-28-21(2)31/h4,7-8,12-13,15-16,20H,1,5-6,9-11,14,17-19H2,2-3H3,(H,28,31). The average Bonchev–Trinajstić information content (AvgIpc) is 3.17. The zero-order valence-electron chi connectivity index (χ0n) is 19.8. The van der Waals surface area contributed by atoms with Crippen LogP contribution in [0.2, 0.25) is 0 Å². The van der Waals surface area contributed by atoms with Gasteiger partial charge < -0.3 is 19.4 Å². The molecule has 0 aliphatic carbocycles. The maximum Gasteiger partial charge on any atom is 0.216 e. The van der Waals surface area contributed by atoms with E-state index in [0.29, 0.717) is 6.61 Å². The second-order valence-electron chi connectivity index (χ2n) is 8.14. The van der Waals surface area contributed by atoms with E-state index in [9.17, 15) is 4.79 Å². The minimum atomic E-state index is 0.0318. The van der Waals surface area contributed by atoms with Gasteiger partial charge in [-0.25, -0.2) is 4.98 Å². The summed E-state index contributed by atoms with van der Waals surface area (Å²) in [6, 6.07) is 14.3. The maximum absolute atomic E-state index is 11.0. The lowest BCUT2D eigenvalue weighted by Gasteiger charge is -2.13.